The molecule has 0 radical (unpaired) electrons. The molecule has 4 atom stereocenters. The molecule has 1 aliphatic rings. The molecule has 0 bridgehead atoms. The Morgan fingerprint density at radius 1 is 1.07 bits per heavy atom. The van der Waals surface area contributed by atoms with Crippen molar-refractivity contribution in [2.45, 2.75) is 78.0 Å². The van der Waals surface area contributed by atoms with Gasteiger partial charge in [-0.15, -0.1) is 0 Å². The second-order valence-corrected chi connectivity index (χ2v) is 11.5. The quantitative estimate of drug-likeness (QED) is 0.312. The van der Waals surface area contributed by atoms with Gasteiger partial charge in [-0.1, -0.05) is 47.0 Å². The summed E-state index contributed by atoms with van der Waals surface area (Å²) in [6.45, 7) is 7.11. The Kier molecular flexibility index (Phi) is 10.8. The van der Waals surface area contributed by atoms with Crippen molar-refractivity contribution in [3.05, 3.63) is 0 Å². The molecule has 29 heavy (non-hydrogen) atoms. The van der Waals surface area contributed by atoms with E-state index in [9.17, 15) is 24.2 Å². The molecule has 0 aromatic carbocycles. The summed E-state index contributed by atoms with van der Waals surface area (Å²) in [5.74, 6) is -0.835. The molecule has 9 heteroatoms. The molecule has 0 spiro atoms. The van der Waals surface area contributed by atoms with Crippen molar-refractivity contribution in [3.63, 3.8) is 0 Å². The third-order valence-corrected chi connectivity index (χ3v) is 7.62. The first-order chi connectivity index (χ1) is 13.4. The molecule has 6 N–H and O–H groups in total. The van der Waals surface area contributed by atoms with Gasteiger partial charge in [0.1, 0.15) is 6.04 Å². The summed E-state index contributed by atoms with van der Waals surface area (Å²) in [6.07, 6.45) is 4.17. The molecule has 0 aromatic rings. The molecule has 0 aliphatic heterocycles. The summed E-state index contributed by atoms with van der Waals surface area (Å²) in [6, 6.07) is -1.50. The zero-order chi connectivity index (χ0) is 22.2. The van der Waals surface area contributed by atoms with Crippen LogP contribution in [0.5, 0.6) is 0 Å². The Balaban J connectivity index is 2.52. The molecule has 170 valence electrons. The van der Waals surface area contributed by atoms with E-state index in [0.717, 1.165) is 25.7 Å². The fourth-order valence-electron chi connectivity index (χ4n) is 3.66. The molecular formula is C20H40N3O5P. The van der Waals surface area contributed by atoms with E-state index in [1.54, 1.807) is 13.8 Å². The predicted molar refractivity (Wildman–Crippen MR) is 115 cm³/mol. The van der Waals surface area contributed by atoms with Crippen molar-refractivity contribution in [2.24, 2.45) is 23.5 Å². The van der Waals surface area contributed by atoms with Gasteiger partial charge in [-0.3, -0.25) is 14.2 Å². The topological polar surface area (TPSA) is 142 Å². The van der Waals surface area contributed by atoms with Gasteiger partial charge in [0, 0.05) is 12.7 Å². The monoisotopic (exact) mass is 433 g/mol. The number of nitrogens with two attached hydrogens (primary N) is 1. The smallest absolute Gasteiger partial charge is 0.242 e. The highest BCUT2D eigenvalue weighted by molar-refractivity contribution is 7.58. The number of aliphatic hydroxyl groups excluding tert-OH is 1. The van der Waals surface area contributed by atoms with Gasteiger partial charge in [0.2, 0.25) is 19.2 Å². The van der Waals surface area contributed by atoms with E-state index in [4.69, 9.17) is 5.73 Å². The second-order valence-electron chi connectivity index (χ2n) is 9.11. The molecule has 0 aromatic heterocycles. The summed E-state index contributed by atoms with van der Waals surface area (Å²) in [7, 11) is -3.45. The number of hydrogen-bond donors (Lipinski definition) is 5. The number of carbonyl (C=O) groups excluding carboxylic acids is 2. The summed E-state index contributed by atoms with van der Waals surface area (Å²) in [5.41, 5.74) is 5.83. The van der Waals surface area contributed by atoms with Crippen LogP contribution in [-0.2, 0) is 14.2 Å². The number of nitrogens with one attached hydrogen (secondary N) is 2. The van der Waals surface area contributed by atoms with Crippen LogP contribution in [0.15, 0.2) is 0 Å². The number of amides is 2. The van der Waals surface area contributed by atoms with Gasteiger partial charge in [-0.25, -0.2) is 0 Å². The highest BCUT2D eigenvalue weighted by Gasteiger charge is 2.30. The van der Waals surface area contributed by atoms with Gasteiger partial charge in [0.15, 0.2) is 0 Å². The SMILES string of the molecule is CC(C)[C@H](N)C(=O)N[C@H](C(=O)NC[C@H](O)CP(=O)(O)CC1CCCCC1)C(C)C. The highest BCUT2D eigenvalue weighted by atomic mass is 31.2. The van der Waals surface area contributed by atoms with Gasteiger partial charge in [0.05, 0.1) is 18.3 Å². The van der Waals surface area contributed by atoms with Crippen molar-refractivity contribution in [2.75, 3.05) is 18.9 Å². The summed E-state index contributed by atoms with van der Waals surface area (Å²) in [5, 5.41) is 15.4. The molecule has 1 unspecified atom stereocenters. The second kappa shape index (κ2) is 12.0. The fraction of sp³-hybridized carbons (Fsp3) is 0.900. The van der Waals surface area contributed by atoms with Crippen LogP contribution in [0.25, 0.3) is 0 Å². The van der Waals surface area contributed by atoms with Crippen LogP contribution in [0, 0.1) is 17.8 Å². The third kappa shape index (κ3) is 9.60. The lowest BCUT2D eigenvalue weighted by Crippen LogP contribution is -2.55. The van der Waals surface area contributed by atoms with Crippen molar-refractivity contribution >= 4 is 19.2 Å². The molecule has 8 nitrogen and oxygen atoms in total. The van der Waals surface area contributed by atoms with E-state index in [1.165, 1.54) is 6.42 Å². The first-order valence-electron chi connectivity index (χ1n) is 10.8. The lowest BCUT2D eigenvalue weighted by Gasteiger charge is -2.26. The minimum absolute atomic E-state index is 0.0597. The van der Waals surface area contributed by atoms with Crippen LogP contribution in [0.1, 0.15) is 59.8 Å². The maximum Gasteiger partial charge on any atom is 0.242 e. The van der Waals surface area contributed by atoms with Crippen LogP contribution < -0.4 is 16.4 Å². The van der Waals surface area contributed by atoms with Gasteiger partial charge in [0.25, 0.3) is 0 Å². The maximum atomic E-state index is 12.5. The summed E-state index contributed by atoms with van der Waals surface area (Å²) in [4.78, 5) is 34.9. The fourth-order valence-corrected chi connectivity index (χ4v) is 5.77. The maximum absolute atomic E-state index is 12.5. The number of carbonyl (C=O) groups is 2. The molecule has 1 saturated carbocycles. The van der Waals surface area contributed by atoms with Gasteiger partial charge < -0.3 is 26.4 Å². The zero-order valence-corrected chi connectivity index (χ0v) is 19.2. The van der Waals surface area contributed by atoms with E-state index in [-0.39, 0.29) is 36.6 Å². The first-order valence-corrected chi connectivity index (χ1v) is 12.8. The third-order valence-electron chi connectivity index (χ3n) is 5.54. The standard InChI is InChI=1S/C20H40N3O5P/c1-13(2)17(21)19(25)23-18(14(3)4)20(26)22-10-16(24)12-29(27,28)11-15-8-6-5-7-9-15/h13-18,24H,5-12,21H2,1-4H3,(H,22,26)(H,23,25)(H,27,28)/t16-,17-,18-/m0/s1. The molecule has 1 fully saturated rings. The minimum atomic E-state index is -3.45. The van der Waals surface area contributed by atoms with Crippen LogP contribution in [0.2, 0.25) is 0 Å². The average Bonchev–Trinajstić information content (AvgIpc) is 2.62. The van der Waals surface area contributed by atoms with E-state index >= 15 is 0 Å². The summed E-state index contributed by atoms with van der Waals surface area (Å²) >= 11 is 0. The summed E-state index contributed by atoms with van der Waals surface area (Å²) < 4.78 is 12.5. The highest BCUT2D eigenvalue weighted by Crippen LogP contribution is 2.45. The van der Waals surface area contributed by atoms with Crippen molar-refractivity contribution in [3.8, 4) is 0 Å². The van der Waals surface area contributed by atoms with Crippen molar-refractivity contribution < 1.29 is 24.2 Å². The van der Waals surface area contributed by atoms with Crippen molar-refractivity contribution in [1.82, 2.24) is 10.6 Å². The number of rotatable bonds is 11. The first kappa shape index (κ1) is 26.1. The Labute approximate surface area is 174 Å². The largest absolute Gasteiger partial charge is 0.391 e. The Hall–Kier alpha value is -0.950. The van der Waals surface area contributed by atoms with E-state index < -0.39 is 37.4 Å². The average molecular weight is 434 g/mol. The van der Waals surface area contributed by atoms with E-state index in [2.05, 4.69) is 10.6 Å². The van der Waals surface area contributed by atoms with E-state index in [1.807, 2.05) is 13.8 Å². The zero-order valence-electron chi connectivity index (χ0n) is 18.3. The minimum Gasteiger partial charge on any atom is -0.391 e. The van der Waals surface area contributed by atoms with Gasteiger partial charge in [-0.2, -0.15) is 0 Å². The molecular weight excluding hydrogens is 393 g/mol. The lowest BCUT2D eigenvalue weighted by atomic mass is 9.91. The number of hydrogen-bond acceptors (Lipinski definition) is 5. The molecule has 1 rings (SSSR count). The molecule has 2 amide bonds. The van der Waals surface area contributed by atoms with Crippen LogP contribution >= 0.6 is 7.37 Å². The Morgan fingerprint density at radius 3 is 2.17 bits per heavy atom. The number of aliphatic hydroxyl groups is 1. The molecule has 0 saturated heterocycles. The van der Waals surface area contributed by atoms with E-state index in [0.29, 0.717) is 0 Å². The molecule has 0 heterocycles. The van der Waals surface area contributed by atoms with Gasteiger partial charge in [-0.05, 0) is 30.6 Å². The lowest BCUT2D eigenvalue weighted by molar-refractivity contribution is -0.131. The predicted octanol–water partition coefficient (Wildman–Crippen LogP) is 1.44. The molecule has 1 aliphatic carbocycles. The van der Waals surface area contributed by atoms with Crippen LogP contribution in [0.3, 0.4) is 0 Å². The normalized spacial score (nSPS) is 20.7. The van der Waals surface area contributed by atoms with Crippen molar-refractivity contribution in [1.29, 1.82) is 0 Å². The van der Waals surface area contributed by atoms with Crippen LogP contribution in [-0.4, -0.2) is 58.9 Å². The van der Waals surface area contributed by atoms with Crippen LogP contribution in [0.4, 0.5) is 0 Å². The van der Waals surface area contributed by atoms with Gasteiger partial charge >= 0.3 is 0 Å². The Morgan fingerprint density at radius 2 is 1.66 bits per heavy atom. The Bertz CT molecular complexity index is 578.